The summed E-state index contributed by atoms with van der Waals surface area (Å²) < 4.78 is 15.7. The topological polar surface area (TPSA) is 70.0 Å². The molecule has 3 N–H and O–H groups in total. The number of benzene rings is 2. The van der Waals surface area contributed by atoms with Gasteiger partial charge >= 0.3 is 0 Å². The summed E-state index contributed by atoms with van der Waals surface area (Å²) in [7, 11) is 1.76. The molecule has 0 radical (unpaired) electrons. The first-order valence-corrected chi connectivity index (χ1v) is 10.5. The largest absolute Gasteiger partial charge is 0.361 e. The van der Waals surface area contributed by atoms with Gasteiger partial charge in [0.2, 0.25) is 0 Å². The highest BCUT2D eigenvalue weighted by molar-refractivity contribution is 5.83. The second-order valence-corrected chi connectivity index (χ2v) is 7.39. The van der Waals surface area contributed by atoms with Gasteiger partial charge in [-0.3, -0.25) is 4.99 Å². The van der Waals surface area contributed by atoms with Gasteiger partial charge in [-0.05, 0) is 35.7 Å². The molecule has 0 aliphatic carbocycles. The van der Waals surface area contributed by atoms with Crippen LogP contribution in [0.1, 0.15) is 17.0 Å². The first-order chi connectivity index (χ1) is 15.2. The molecule has 6 nitrogen and oxygen atoms in total. The molecular weight excluding hydrogens is 391 g/mol. The standard InChI is InChI=1S/C24H27FN6/c1-26-24(28-11-9-19-16-30-22-8-7-20(25)15-21(19)22)29-12-10-23-27-13-14-31(23)17-18-5-3-2-4-6-18/h2-8,13-16,30H,9-12,17H2,1H3,(H2,26,28,29). The van der Waals surface area contributed by atoms with Gasteiger partial charge < -0.3 is 20.2 Å². The zero-order valence-corrected chi connectivity index (χ0v) is 17.6. The van der Waals surface area contributed by atoms with Crippen LogP contribution in [-0.4, -0.2) is 40.6 Å². The van der Waals surface area contributed by atoms with Crippen LogP contribution in [0.15, 0.2) is 72.1 Å². The Bertz CT molecular complexity index is 1150. The molecule has 4 aromatic rings. The quantitative estimate of drug-likeness (QED) is 0.303. The molecule has 7 heteroatoms. The number of imidazole rings is 1. The highest BCUT2D eigenvalue weighted by atomic mass is 19.1. The highest BCUT2D eigenvalue weighted by Gasteiger charge is 2.07. The number of aromatic amines is 1. The van der Waals surface area contributed by atoms with Crippen molar-refractivity contribution in [1.29, 1.82) is 0 Å². The molecule has 2 aromatic carbocycles. The molecule has 2 aromatic heterocycles. The van der Waals surface area contributed by atoms with E-state index in [-0.39, 0.29) is 5.82 Å². The third-order valence-corrected chi connectivity index (χ3v) is 5.28. The molecular formula is C24H27FN6. The van der Waals surface area contributed by atoms with Crippen molar-refractivity contribution in [3.63, 3.8) is 0 Å². The highest BCUT2D eigenvalue weighted by Crippen LogP contribution is 2.19. The molecule has 0 aliphatic rings. The van der Waals surface area contributed by atoms with E-state index in [4.69, 9.17) is 0 Å². The lowest BCUT2D eigenvalue weighted by Crippen LogP contribution is -2.39. The number of nitrogens with one attached hydrogen (secondary N) is 3. The Balaban J connectivity index is 1.25. The maximum atomic E-state index is 13.5. The van der Waals surface area contributed by atoms with Gasteiger partial charge in [0, 0.05) is 62.6 Å². The van der Waals surface area contributed by atoms with Crippen molar-refractivity contribution in [2.45, 2.75) is 19.4 Å². The molecule has 0 unspecified atom stereocenters. The van der Waals surface area contributed by atoms with Gasteiger partial charge in [-0.2, -0.15) is 0 Å². The molecule has 0 saturated carbocycles. The van der Waals surface area contributed by atoms with Crippen LogP contribution in [0.25, 0.3) is 10.9 Å². The summed E-state index contributed by atoms with van der Waals surface area (Å²) in [4.78, 5) is 12.0. The second-order valence-electron chi connectivity index (χ2n) is 7.39. The number of H-pyrrole nitrogens is 1. The summed E-state index contributed by atoms with van der Waals surface area (Å²) in [6.07, 6.45) is 7.36. The van der Waals surface area contributed by atoms with Crippen molar-refractivity contribution >= 4 is 16.9 Å². The fourth-order valence-corrected chi connectivity index (χ4v) is 3.68. The summed E-state index contributed by atoms with van der Waals surface area (Å²) in [5, 5.41) is 7.59. The third-order valence-electron chi connectivity index (χ3n) is 5.28. The summed E-state index contributed by atoms with van der Waals surface area (Å²) >= 11 is 0. The Morgan fingerprint density at radius 1 is 1.10 bits per heavy atom. The molecule has 4 rings (SSSR count). The SMILES string of the molecule is CN=C(NCCc1c[nH]c2ccc(F)cc12)NCCc1nccn1Cc1ccccc1. The Labute approximate surface area is 181 Å². The van der Waals surface area contributed by atoms with Crippen molar-refractivity contribution in [3.8, 4) is 0 Å². The number of hydrogen-bond acceptors (Lipinski definition) is 2. The maximum absolute atomic E-state index is 13.5. The molecule has 0 saturated heterocycles. The number of halogens is 1. The van der Waals surface area contributed by atoms with Crippen molar-refractivity contribution in [2.75, 3.05) is 20.1 Å². The Morgan fingerprint density at radius 3 is 2.71 bits per heavy atom. The zero-order chi connectivity index (χ0) is 21.5. The zero-order valence-electron chi connectivity index (χ0n) is 17.6. The molecule has 0 spiro atoms. The molecule has 160 valence electrons. The van der Waals surface area contributed by atoms with Crippen LogP contribution in [0.5, 0.6) is 0 Å². The van der Waals surface area contributed by atoms with Crippen LogP contribution in [0.2, 0.25) is 0 Å². The fraction of sp³-hybridized carbons (Fsp3) is 0.250. The van der Waals surface area contributed by atoms with Gasteiger partial charge in [0.25, 0.3) is 0 Å². The van der Waals surface area contributed by atoms with Gasteiger partial charge in [-0.15, -0.1) is 0 Å². The average molecular weight is 419 g/mol. The third kappa shape index (κ3) is 5.31. The summed E-state index contributed by atoms with van der Waals surface area (Å²) in [6.45, 7) is 2.24. The van der Waals surface area contributed by atoms with Crippen molar-refractivity contribution < 1.29 is 4.39 Å². The molecule has 2 heterocycles. The molecule has 0 bridgehead atoms. The monoisotopic (exact) mass is 418 g/mol. The summed E-state index contributed by atoms with van der Waals surface area (Å²) in [5.74, 6) is 1.56. The van der Waals surface area contributed by atoms with E-state index < -0.39 is 0 Å². The number of aromatic nitrogens is 3. The van der Waals surface area contributed by atoms with Gasteiger partial charge in [-0.25, -0.2) is 9.37 Å². The minimum absolute atomic E-state index is 0.218. The van der Waals surface area contributed by atoms with Crippen LogP contribution < -0.4 is 10.6 Å². The van der Waals surface area contributed by atoms with Gasteiger partial charge in [0.1, 0.15) is 11.6 Å². The van der Waals surface area contributed by atoms with Gasteiger partial charge in [-0.1, -0.05) is 30.3 Å². The average Bonchev–Trinajstić information content (AvgIpc) is 3.40. The van der Waals surface area contributed by atoms with Crippen molar-refractivity contribution in [1.82, 2.24) is 25.2 Å². The van der Waals surface area contributed by atoms with Crippen LogP contribution in [0.4, 0.5) is 4.39 Å². The van der Waals surface area contributed by atoms with Crippen LogP contribution >= 0.6 is 0 Å². The normalized spacial score (nSPS) is 11.7. The number of hydrogen-bond donors (Lipinski definition) is 3. The van der Waals surface area contributed by atoms with E-state index in [0.29, 0.717) is 6.54 Å². The van der Waals surface area contributed by atoms with Crippen molar-refractivity contribution in [3.05, 3.63) is 89.9 Å². The number of fused-ring (bicyclic) bond motifs is 1. The van der Waals surface area contributed by atoms with Gasteiger partial charge in [0.05, 0.1) is 0 Å². The fourth-order valence-electron chi connectivity index (χ4n) is 3.68. The molecule has 0 amide bonds. The summed E-state index contributed by atoms with van der Waals surface area (Å²) in [6, 6.07) is 15.2. The maximum Gasteiger partial charge on any atom is 0.191 e. The van der Waals surface area contributed by atoms with Crippen LogP contribution in [0, 0.1) is 5.82 Å². The molecule has 0 aliphatic heterocycles. The van der Waals surface area contributed by atoms with E-state index in [0.717, 1.165) is 54.2 Å². The van der Waals surface area contributed by atoms with E-state index in [9.17, 15) is 4.39 Å². The Kier molecular flexibility index (Phi) is 6.62. The van der Waals surface area contributed by atoms with E-state index >= 15 is 0 Å². The first-order valence-electron chi connectivity index (χ1n) is 10.5. The molecule has 31 heavy (non-hydrogen) atoms. The van der Waals surface area contributed by atoms with Gasteiger partial charge in [0.15, 0.2) is 5.96 Å². The van der Waals surface area contributed by atoms with Crippen molar-refractivity contribution in [2.24, 2.45) is 4.99 Å². The predicted molar refractivity (Wildman–Crippen MR) is 123 cm³/mol. The first kappa shape index (κ1) is 20.7. The molecule has 0 fully saturated rings. The number of nitrogens with zero attached hydrogens (tertiary/aromatic N) is 3. The lowest BCUT2D eigenvalue weighted by Gasteiger charge is -2.12. The smallest absolute Gasteiger partial charge is 0.191 e. The second kappa shape index (κ2) is 9.93. The van der Waals surface area contributed by atoms with E-state index in [2.05, 4.69) is 54.4 Å². The van der Waals surface area contributed by atoms with E-state index in [1.807, 2.05) is 24.7 Å². The molecule has 0 atom stereocenters. The minimum Gasteiger partial charge on any atom is -0.361 e. The van der Waals surface area contributed by atoms with E-state index in [1.165, 1.54) is 11.6 Å². The minimum atomic E-state index is -0.218. The van der Waals surface area contributed by atoms with Crippen LogP contribution in [-0.2, 0) is 19.4 Å². The lowest BCUT2D eigenvalue weighted by molar-refractivity contribution is 0.629. The Morgan fingerprint density at radius 2 is 1.90 bits per heavy atom. The Hall–Kier alpha value is -3.61. The summed E-state index contributed by atoms with van der Waals surface area (Å²) in [5.41, 5.74) is 3.29. The lowest BCUT2D eigenvalue weighted by atomic mass is 10.1. The number of rotatable bonds is 8. The van der Waals surface area contributed by atoms with E-state index in [1.54, 1.807) is 19.2 Å². The van der Waals surface area contributed by atoms with Crippen LogP contribution in [0.3, 0.4) is 0 Å². The predicted octanol–water partition coefficient (Wildman–Crippen LogP) is 3.50. The number of aliphatic imine (C=N–C) groups is 1. The number of guanidine groups is 1.